The summed E-state index contributed by atoms with van der Waals surface area (Å²) < 4.78 is 0. The number of fused-ring (bicyclic) bond motifs is 1. The molecule has 1 saturated heterocycles. The summed E-state index contributed by atoms with van der Waals surface area (Å²) in [7, 11) is 0. The smallest absolute Gasteiger partial charge is 0.223 e. The lowest BCUT2D eigenvalue weighted by atomic mass is 9.96. The number of unbranched alkanes of at least 4 members (excludes halogenated alkanes) is 1. The molecule has 24 heavy (non-hydrogen) atoms. The Morgan fingerprint density at radius 1 is 1.33 bits per heavy atom. The molecule has 1 fully saturated rings. The molecule has 2 heterocycles. The largest absolute Gasteiger partial charge is 0.356 e. The molecule has 2 aromatic rings. The Hall–Kier alpha value is -1.46. The third kappa shape index (κ3) is 3.78. The molecule has 0 radical (unpaired) electrons. The second-order valence-corrected chi connectivity index (χ2v) is 7.06. The summed E-state index contributed by atoms with van der Waals surface area (Å²) in [5.41, 5.74) is 1.68. The van der Waals surface area contributed by atoms with Crippen molar-refractivity contribution < 1.29 is 4.79 Å². The standard InChI is InChI=1S/C17H22Cl2N4O/c1-2-3-6-20-16(24)11-4-7-23(8-5-11)17-21-14-9-12(18)13(19)10-15(14)22-17/h9-11H,2-8H2,1H3,(H,20,24)(H,21,22). The van der Waals surface area contributed by atoms with Crippen molar-refractivity contribution in [2.75, 3.05) is 24.5 Å². The van der Waals surface area contributed by atoms with Crippen LogP contribution in [-0.2, 0) is 4.79 Å². The van der Waals surface area contributed by atoms with Crippen LogP contribution in [0, 0.1) is 5.92 Å². The summed E-state index contributed by atoms with van der Waals surface area (Å²) in [4.78, 5) is 22.2. The van der Waals surface area contributed by atoms with Gasteiger partial charge in [0.05, 0.1) is 21.1 Å². The summed E-state index contributed by atoms with van der Waals surface area (Å²) in [5, 5.41) is 4.05. The maximum atomic E-state index is 12.1. The van der Waals surface area contributed by atoms with Crippen molar-refractivity contribution in [3.8, 4) is 0 Å². The zero-order valence-electron chi connectivity index (χ0n) is 13.7. The average molecular weight is 369 g/mol. The lowest BCUT2D eigenvalue weighted by Crippen LogP contribution is -2.41. The van der Waals surface area contributed by atoms with E-state index in [4.69, 9.17) is 23.2 Å². The fourth-order valence-electron chi connectivity index (χ4n) is 3.03. The molecule has 0 atom stereocenters. The van der Waals surface area contributed by atoms with Crippen molar-refractivity contribution in [2.45, 2.75) is 32.6 Å². The molecule has 5 nitrogen and oxygen atoms in total. The van der Waals surface area contributed by atoms with E-state index in [1.807, 2.05) is 0 Å². The Morgan fingerprint density at radius 3 is 2.75 bits per heavy atom. The maximum absolute atomic E-state index is 12.1. The van der Waals surface area contributed by atoms with Gasteiger partial charge in [-0.1, -0.05) is 36.5 Å². The number of rotatable bonds is 5. The van der Waals surface area contributed by atoms with E-state index in [0.717, 1.165) is 62.3 Å². The predicted molar refractivity (Wildman–Crippen MR) is 99.0 cm³/mol. The molecule has 0 saturated carbocycles. The average Bonchev–Trinajstić information content (AvgIpc) is 2.98. The normalized spacial score (nSPS) is 15.9. The number of nitrogens with one attached hydrogen (secondary N) is 2. The Labute approximate surface area is 151 Å². The second kappa shape index (κ2) is 7.62. The molecular weight excluding hydrogens is 347 g/mol. The van der Waals surface area contributed by atoms with Gasteiger partial charge in [-0.15, -0.1) is 0 Å². The number of carbonyl (C=O) groups excluding carboxylic acids is 1. The molecule has 0 aliphatic carbocycles. The lowest BCUT2D eigenvalue weighted by Gasteiger charge is -2.31. The van der Waals surface area contributed by atoms with Crippen molar-refractivity contribution in [2.24, 2.45) is 5.92 Å². The summed E-state index contributed by atoms with van der Waals surface area (Å²) in [5.74, 6) is 1.10. The molecule has 1 aromatic heterocycles. The molecule has 0 spiro atoms. The molecule has 2 N–H and O–H groups in total. The van der Waals surface area contributed by atoms with Gasteiger partial charge in [-0.25, -0.2) is 4.98 Å². The van der Waals surface area contributed by atoms with Crippen LogP contribution in [0.25, 0.3) is 11.0 Å². The number of imidazole rings is 1. The Morgan fingerprint density at radius 2 is 2.04 bits per heavy atom. The van der Waals surface area contributed by atoms with Crippen molar-refractivity contribution in [3.05, 3.63) is 22.2 Å². The molecule has 1 aliphatic rings. The van der Waals surface area contributed by atoms with E-state index in [-0.39, 0.29) is 11.8 Å². The van der Waals surface area contributed by atoms with Gasteiger partial charge in [-0.3, -0.25) is 4.79 Å². The molecule has 1 aromatic carbocycles. The highest BCUT2D eigenvalue weighted by molar-refractivity contribution is 6.42. The van der Waals surface area contributed by atoms with Crippen molar-refractivity contribution in [1.82, 2.24) is 15.3 Å². The van der Waals surface area contributed by atoms with Crippen molar-refractivity contribution >= 4 is 46.1 Å². The van der Waals surface area contributed by atoms with Crippen LogP contribution in [0.15, 0.2) is 12.1 Å². The van der Waals surface area contributed by atoms with Crippen molar-refractivity contribution in [3.63, 3.8) is 0 Å². The summed E-state index contributed by atoms with van der Waals surface area (Å²) in [6.07, 6.45) is 3.82. The number of anilines is 1. The van der Waals surface area contributed by atoms with Gasteiger partial charge in [0, 0.05) is 25.6 Å². The number of carbonyl (C=O) groups is 1. The predicted octanol–water partition coefficient (Wildman–Crippen LogP) is 4.00. The molecule has 7 heteroatoms. The summed E-state index contributed by atoms with van der Waals surface area (Å²) in [6.45, 7) is 4.53. The second-order valence-electron chi connectivity index (χ2n) is 6.25. The van der Waals surface area contributed by atoms with Gasteiger partial charge in [0.1, 0.15) is 0 Å². The zero-order valence-corrected chi connectivity index (χ0v) is 15.3. The summed E-state index contributed by atoms with van der Waals surface area (Å²) in [6, 6.07) is 3.57. The monoisotopic (exact) mass is 368 g/mol. The number of hydrogen-bond donors (Lipinski definition) is 2. The molecule has 0 unspecified atom stereocenters. The Kier molecular flexibility index (Phi) is 5.51. The fraction of sp³-hybridized carbons (Fsp3) is 0.529. The van der Waals surface area contributed by atoms with Crippen LogP contribution in [0.3, 0.4) is 0 Å². The van der Waals surface area contributed by atoms with Gasteiger partial charge in [0.15, 0.2) is 0 Å². The van der Waals surface area contributed by atoms with Gasteiger partial charge in [-0.05, 0) is 31.4 Å². The van der Waals surface area contributed by atoms with Crippen LogP contribution < -0.4 is 10.2 Å². The number of halogens is 2. The lowest BCUT2D eigenvalue weighted by molar-refractivity contribution is -0.125. The molecular formula is C17H22Cl2N4O. The van der Waals surface area contributed by atoms with Crippen LogP contribution >= 0.6 is 23.2 Å². The van der Waals surface area contributed by atoms with E-state index in [0.29, 0.717) is 10.0 Å². The van der Waals surface area contributed by atoms with E-state index in [9.17, 15) is 4.79 Å². The third-order valence-corrected chi connectivity index (χ3v) is 5.23. The minimum atomic E-state index is 0.103. The highest BCUT2D eigenvalue weighted by atomic mass is 35.5. The minimum Gasteiger partial charge on any atom is -0.356 e. The Bertz CT molecular complexity index is 684. The fourth-order valence-corrected chi connectivity index (χ4v) is 3.35. The quantitative estimate of drug-likeness (QED) is 0.783. The van der Waals surface area contributed by atoms with Crippen LogP contribution in [-0.4, -0.2) is 35.5 Å². The first kappa shape index (κ1) is 17.4. The van der Waals surface area contributed by atoms with Crippen LogP contribution in [0.4, 0.5) is 5.95 Å². The summed E-state index contributed by atoms with van der Waals surface area (Å²) >= 11 is 12.1. The highest BCUT2D eigenvalue weighted by Crippen LogP contribution is 2.29. The maximum Gasteiger partial charge on any atom is 0.223 e. The number of aromatic amines is 1. The van der Waals surface area contributed by atoms with Gasteiger partial charge < -0.3 is 15.2 Å². The molecule has 3 rings (SSSR count). The van der Waals surface area contributed by atoms with E-state index < -0.39 is 0 Å². The molecule has 0 bridgehead atoms. The van der Waals surface area contributed by atoms with E-state index in [1.54, 1.807) is 12.1 Å². The number of H-pyrrole nitrogens is 1. The number of piperidine rings is 1. The first-order valence-corrected chi connectivity index (χ1v) is 9.21. The number of hydrogen-bond acceptors (Lipinski definition) is 3. The van der Waals surface area contributed by atoms with Gasteiger partial charge >= 0.3 is 0 Å². The van der Waals surface area contributed by atoms with Crippen molar-refractivity contribution in [1.29, 1.82) is 0 Å². The van der Waals surface area contributed by atoms with Crippen LogP contribution in [0.5, 0.6) is 0 Å². The van der Waals surface area contributed by atoms with Crippen LogP contribution in [0.2, 0.25) is 10.0 Å². The van der Waals surface area contributed by atoms with Crippen LogP contribution in [0.1, 0.15) is 32.6 Å². The van der Waals surface area contributed by atoms with Gasteiger partial charge in [0.25, 0.3) is 0 Å². The Balaban J connectivity index is 1.61. The minimum absolute atomic E-state index is 0.103. The van der Waals surface area contributed by atoms with Gasteiger partial charge in [0.2, 0.25) is 11.9 Å². The van der Waals surface area contributed by atoms with E-state index in [2.05, 4.69) is 27.1 Å². The first-order chi connectivity index (χ1) is 11.6. The molecule has 1 amide bonds. The number of amides is 1. The number of aromatic nitrogens is 2. The van der Waals surface area contributed by atoms with Gasteiger partial charge in [-0.2, -0.15) is 0 Å². The SMILES string of the molecule is CCCCNC(=O)C1CCN(c2nc3cc(Cl)c(Cl)cc3[nH]2)CC1. The highest BCUT2D eigenvalue weighted by Gasteiger charge is 2.26. The third-order valence-electron chi connectivity index (χ3n) is 4.51. The first-order valence-electron chi connectivity index (χ1n) is 8.46. The number of benzene rings is 1. The zero-order chi connectivity index (χ0) is 17.1. The molecule has 130 valence electrons. The number of nitrogens with zero attached hydrogens (tertiary/aromatic N) is 2. The van der Waals surface area contributed by atoms with E-state index in [1.165, 1.54) is 0 Å². The topological polar surface area (TPSA) is 61.0 Å². The molecule has 1 aliphatic heterocycles. The van der Waals surface area contributed by atoms with E-state index >= 15 is 0 Å².